The number of carbonyl (C=O) groups excluding carboxylic acids is 2. The lowest BCUT2D eigenvalue weighted by Crippen LogP contribution is -2.43. The van der Waals surface area contributed by atoms with Crippen LogP contribution < -0.4 is 10.9 Å². The van der Waals surface area contributed by atoms with Crippen LogP contribution in [0.1, 0.15) is 32.6 Å². The van der Waals surface area contributed by atoms with Crippen molar-refractivity contribution in [2.45, 2.75) is 32.9 Å². The molecule has 0 saturated heterocycles. The molecule has 1 heterocycles. The van der Waals surface area contributed by atoms with E-state index in [1.54, 1.807) is 30.3 Å². The van der Waals surface area contributed by atoms with Crippen molar-refractivity contribution >= 4 is 34.4 Å². The predicted octanol–water partition coefficient (Wildman–Crippen LogP) is 4.88. The summed E-state index contributed by atoms with van der Waals surface area (Å²) in [6.45, 7) is 4.03. The smallest absolute Gasteiger partial charge is 0.329 e. The molecule has 7 heteroatoms. The molecule has 1 unspecified atom stereocenters. The van der Waals surface area contributed by atoms with Gasteiger partial charge in [0.15, 0.2) is 0 Å². The Labute approximate surface area is 207 Å². The van der Waals surface area contributed by atoms with E-state index in [1.807, 2.05) is 50.2 Å². The van der Waals surface area contributed by atoms with Gasteiger partial charge in [0.2, 0.25) is 5.56 Å². The molecule has 0 aliphatic rings. The highest BCUT2D eigenvalue weighted by Gasteiger charge is 2.25. The fourth-order valence-electron chi connectivity index (χ4n) is 4.11. The Kier molecular flexibility index (Phi) is 7.32. The summed E-state index contributed by atoms with van der Waals surface area (Å²) in [6.07, 6.45) is 0.0927. The number of H-pyrrole nitrogens is 1. The summed E-state index contributed by atoms with van der Waals surface area (Å²) >= 11 is 5.93. The van der Waals surface area contributed by atoms with Crippen LogP contribution in [-0.4, -0.2) is 22.9 Å². The zero-order valence-electron chi connectivity index (χ0n) is 19.4. The van der Waals surface area contributed by atoms with E-state index in [2.05, 4.69) is 10.3 Å². The predicted molar refractivity (Wildman–Crippen MR) is 137 cm³/mol. The SMILES string of the molecule is Cc1cc(C)cc(COC(=O)C(Cc2cc(=O)[nH]c3ccccc23)NC(=O)c2ccc(Cl)cc2)c1. The first-order valence-electron chi connectivity index (χ1n) is 11.2. The Hall–Kier alpha value is -3.90. The summed E-state index contributed by atoms with van der Waals surface area (Å²) in [5.41, 5.74) is 4.36. The van der Waals surface area contributed by atoms with Gasteiger partial charge in [-0.1, -0.05) is 59.1 Å². The first-order chi connectivity index (χ1) is 16.8. The minimum atomic E-state index is -1.01. The highest BCUT2D eigenvalue weighted by atomic mass is 35.5. The number of nitrogens with one attached hydrogen (secondary N) is 2. The lowest BCUT2D eigenvalue weighted by atomic mass is 10.0. The molecule has 0 aliphatic carbocycles. The number of aromatic nitrogens is 1. The number of aromatic amines is 1. The summed E-state index contributed by atoms with van der Waals surface area (Å²) in [4.78, 5) is 41.1. The number of esters is 1. The molecule has 0 saturated carbocycles. The van der Waals surface area contributed by atoms with Crippen LogP contribution in [0.25, 0.3) is 10.9 Å². The zero-order chi connectivity index (χ0) is 24.9. The van der Waals surface area contributed by atoms with E-state index in [1.165, 1.54) is 6.07 Å². The van der Waals surface area contributed by atoms with E-state index in [0.717, 1.165) is 22.1 Å². The van der Waals surface area contributed by atoms with E-state index in [4.69, 9.17) is 16.3 Å². The van der Waals surface area contributed by atoms with Crippen molar-refractivity contribution < 1.29 is 14.3 Å². The van der Waals surface area contributed by atoms with Gasteiger partial charge >= 0.3 is 5.97 Å². The normalized spacial score (nSPS) is 11.7. The summed E-state index contributed by atoms with van der Waals surface area (Å²) in [5, 5.41) is 4.07. The van der Waals surface area contributed by atoms with Crippen LogP contribution in [0.2, 0.25) is 5.02 Å². The molecule has 2 N–H and O–H groups in total. The van der Waals surface area contributed by atoms with Crippen LogP contribution in [0, 0.1) is 13.8 Å². The van der Waals surface area contributed by atoms with Gasteiger partial charge in [0.25, 0.3) is 5.91 Å². The van der Waals surface area contributed by atoms with Crippen LogP contribution in [0.4, 0.5) is 0 Å². The van der Waals surface area contributed by atoms with Crippen LogP contribution in [0.5, 0.6) is 0 Å². The van der Waals surface area contributed by atoms with E-state index in [-0.39, 0.29) is 18.6 Å². The van der Waals surface area contributed by atoms with Crippen molar-refractivity contribution in [1.82, 2.24) is 10.3 Å². The minimum Gasteiger partial charge on any atom is -0.459 e. The molecule has 0 fully saturated rings. The molecule has 178 valence electrons. The Morgan fingerprint density at radius 1 is 0.971 bits per heavy atom. The Balaban J connectivity index is 1.61. The Morgan fingerprint density at radius 2 is 1.66 bits per heavy atom. The number of fused-ring (bicyclic) bond motifs is 1. The van der Waals surface area contributed by atoms with Gasteiger partial charge < -0.3 is 15.0 Å². The molecule has 1 atom stereocenters. The quantitative estimate of drug-likeness (QED) is 0.363. The third-order valence-corrected chi connectivity index (χ3v) is 5.87. The third kappa shape index (κ3) is 6.16. The van der Waals surface area contributed by atoms with Gasteiger partial charge in [-0.3, -0.25) is 9.59 Å². The topological polar surface area (TPSA) is 88.3 Å². The maximum Gasteiger partial charge on any atom is 0.329 e. The van der Waals surface area contributed by atoms with Gasteiger partial charge in [-0.05, 0) is 55.3 Å². The van der Waals surface area contributed by atoms with Crippen molar-refractivity contribution in [3.05, 3.63) is 116 Å². The Morgan fingerprint density at radius 3 is 2.37 bits per heavy atom. The van der Waals surface area contributed by atoms with Gasteiger partial charge in [0.1, 0.15) is 12.6 Å². The van der Waals surface area contributed by atoms with Crippen LogP contribution in [0.3, 0.4) is 0 Å². The fraction of sp³-hybridized carbons (Fsp3) is 0.179. The number of ether oxygens (including phenoxy) is 1. The second-order valence-electron chi connectivity index (χ2n) is 8.55. The molecule has 4 aromatic rings. The highest BCUT2D eigenvalue weighted by Crippen LogP contribution is 2.18. The number of halogens is 1. The molecule has 0 aliphatic heterocycles. The molecule has 1 amide bonds. The number of para-hydroxylation sites is 1. The first kappa shape index (κ1) is 24.2. The highest BCUT2D eigenvalue weighted by molar-refractivity contribution is 6.30. The average molecular weight is 489 g/mol. The molecule has 0 bridgehead atoms. The largest absolute Gasteiger partial charge is 0.459 e. The number of benzene rings is 3. The number of rotatable bonds is 7. The average Bonchev–Trinajstić information content (AvgIpc) is 2.81. The monoisotopic (exact) mass is 488 g/mol. The maximum atomic E-state index is 13.2. The van der Waals surface area contributed by atoms with Gasteiger partial charge in [-0.25, -0.2) is 4.79 Å². The van der Waals surface area contributed by atoms with Crippen molar-refractivity contribution in [2.75, 3.05) is 0 Å². The van der Waals surface area contributed by atoms with E-state index >= 15 is 0 Å². The summed E-state index contributed by atoms with van der Waals surface area (Å²) in [6, 6.07) is 20.1. The van der Waals surface area contributed by atoms with E-state index < -0.39 is 17.9 Å². The van der Waals surface area contributed by atoms with Gasteiger partial charge in [0.05, 0.1) is 0 Å². The molecule has 35 heavy (non-hydrogen) atoms. The summed E-state index contributed by atoms with van der Waals surface area (Å²) in [7, 11) is 0. The summed E-state index contributed by atoms with van der Waals surface area (Å²) < 4.78 is 5.61. The number of pyridine rings is 1. The second kappa shape index (κ2) is 10.6. The van der Waals surface area contributed by atoms with Gasteiger partial charge in [-0.2, -0.15) is 0 Å². The van der Waals surface area contributed by atoms with Gasteiger partial charge in [-0.15, -0.1) is 0 Å². The number of hydrogen-bond donors (Lipinski definition) is 2. The number of hydrogen-bond acceptors (Lipinski definition) is 4. The Bertz CT molecular complexity index is 1420. The molecular weight excluding hydrogens is 464 g/mol. The van der Waals surface area contributed by atoms with Crippen molar-refractivity contribution in [3.8, 4) is 0 Å². The molecule has 1 aromatic heterocycles. The molecule has 6 nitrogen and oxygen atoms in total. The summed E-state index contributed by atoms with van der Waals surface area (Å²) in [5.74, 6) is -1.03. The minimum absolute atomic E-state index is 0.0742. The lowest BCUT2D eigenvalue weighted by Gasteiger charge is -2.19. The molecule has 3 aromatic carbocycles. The first-order valence-corrected chi connectivity index (χ1v) is 11.6. The van der Waals surface area contributed by atoms with Crippen LogP contribution >= 0.6 is 11.6 Å². The lowest BCUT2D eigenvalue weighted by molar-refractivity contribution is -0.147. The van der Waals surface area contributed by atoms with E-state index in [9.17, 15) is 14.4 Å². The van der Waals surface area contributed by atoms with Crippen LogP contribution in [0.15, 0.2) is 77.6 Å². The van der Waals surface area contributed by atoms with Crippen molar-refractivity contribution in [2.24, 2.45) is 0 Å². The van der Waals surface area contributed by atoms with Crippen molar-refractivity contribution in [1.29, 1.82) is 0 Å². The van der Waals surface area contributed by atoms with Crippen molar-refractivity contribution in [3.63, 3.8) is 0 Å². The van der Waals surface area contributed by atoms with Crippen LogP contribution in [-0.2, 0) is 22.6 Å². The third-order valence-electron chi connectivity index (χ3n) is 5.62. The standard InChI is InChI=1S/C28H25ClN2O4/c1-17-11-18(2)13-19(12-17)16-35-28(34)25(31-27(33)20-7-9-22(29)10-8-20)14-21-15-26(32)30-24-6-4-3-5-23(21)24/h3-13,15,25H,14,16H2,1-2H3,(H,30,32)(H,31,33). The number of amides is 1. The molecule has 0 spiro atoms. The maximum absolute atomic E-state index is 13.2. The zero-order valence-corrected chi connectivity index (χ0v) is 20.2. The number of aryl methyl sites for hydroxylation is 2. The molecule has 0 radical (unpaired) electrons. The fourth-order valence-corrected chi connectivity index (χ4v) is 4.24. The molecular formula is C28H25ClN2O4. The van der Waals surface area contributed by atoms with Gasteiger partial charge in [0, 0.05) is 34.0 Å². The molecule has 4 rings (SSSR count). The van der Waals surface area contributed by atoms with E-state index in [0.29, 0.717) is 21.7 Å². The number of carbonyl (C=O) groups is 2. The second-order valence-corrected chi connectivity index (χ2v) is 8.98.